The molecule has 2 bridgehead atoms. The lowest BCUT2D eigenvalue weighted by Crippen LogP contribution is -2.28. The Morgan fingerprint density at radius 3 is 2.52 bits per heavy atom. The Morgan fingerprint density at radius 1 is 0.952 bits per heavy atom. The van der Waals surface area contributed by atoms with Crippen LogP contribution in [0, 0.1) is 0 Å². The van der Waals surface area contributed by atoms with E-state index in [0.29, 0.717) is 11.8 Å². The fourth-order valence-electron chi connectivity index (χ4n) is 3.95. The van der Waals surface area contributed by atoms with Crippen LogP contribution in [-0.4, -0.2) is 23.1 Å². The van der Waals surface area contributed by atoms with Crippen LogP contribution in [0.25, 0.3) is 22.4 Å². The Kier molecular flexibility index (Phi) is 2.29. The summed E-state index contributed by atoms with van der Waals surface area (Å²) in [5.41, 5.74) is 6.46. The van der Waals surface area contributed by atoms with Crippen LogP contribution in [0.3, 0.4) is 0 Å². The average Bonchev–Trinajstić information content (AvgIpc) is 3.06. The second-order valence-corrected chi connectivity index (χ2v) is 6.24. The summed E-state index contributed by atoms with van der Waals surface area (Å²) in [6.07, 6.45) is 1.31. The summed E-state index contributed by atoms with van der Waals surface area (Å²) in [4.78, 5) is 8.29. The van der Waals surface area contributed by atoms with Crippen molar-refractivity contribution in [2.45, 2.75) is 18.3 Å². The van der Waals surface area contributed by atoms with Gasteiger partial charge < -0.3 is 10.3 Å². The van der Waals surface area contributed by atoms with E-state index in [1.54, 1.807) is 0 Å². The molecule has 5 rings (SSSR count). The van der Waals surface area contributed by atoms with E-state index in [1.807, 2.05) is 6.07 Å². The minimum Gasteiger partial charge on any atom is -0.338 e. The Morgan fingerprint density at radius 2 is 1.71 bits per heavy atom. The van der Waals surface area contributed by atoms with Crippen molar-refractivity contribution in [2.24, 2.45) is 0 Å². The minimum absolute atomic E-state index is 0.681. The predicted octanol–water partition coefficient (Wildman–Crippen LogP) is 3.40. The van der Waals surface area contributed by atoms with E-state index in [2.05, 4.69) is 46.7 Å². The molecule has 104 valence electrons. The number of fused-ring (bicyclic) bond motifs is 6. The first kappa shape index (κ1) is 11.5. The molecule has 3 aromatic rings. The molecule has 2 heterocycles. The van der Waals surface area contributed by atoms with Crippen LogP contribution < -0.4 is 5.32 Å². The molecule has 2 N–H and O–H groups in total. The maximum Gasteiger partial charge on any atom is 0.138 e. The van der Waals surface area contributed by atoms with Crippen LogP contribution >= 0.6 is 0 Å². The first-order valence-electron chi connectivity index (χ1n) is 7.68. The van der Waals surface area contributed by atoms with Gasteiger partial charge in [-0.2, -0.15) is 0 Å². The zero-order valence-corrected chi connectivity index (χ0v) is 11.8. The van der Waals surface area contributed by atoms with Crippen molar-refractivity contribution in [1.29, 1.82) is 0 Å². The van der Waals surface area contributed by atoms with Gasteiger partial charge in [0.05, 0.1) is 11.0 Å². The molecule has 2 aromatic carbocycles. The summed E-state index contributed by atoms with van der Waals surface area (Å²) in [7, 11) is 0. The van der Waals surface area contributed by atoms with Crippen LogP contribution in [-0.2, 0) is 0 Å². The molecule has 1 fully saturated rings. The molecule has 0 amide bonds. The van der Waals surface area contributed by atoms with Crippen LogP contribution in [0.15, 0.2) is 42.5 Å². The molecule has 1 saturated heterocycles. The molecule has 2 atom stereocenters. The third-order valence-electron chi connectivity index (χ3n) is 4.96. The summed E-state index contributed by atoms with van der Waals surface area (Å²) >= 11 is 0. The third kappa shape index (κ3) is 1.67. The van der Waals surface area contributed by atoms with Crippen LogP contribution in [0.4, 0.5) is 0 Å². The predicted molar refractivity (Wildman–Crippen MR) is 84.5 cm³/mol. The molecule has 1 aromatic heterocycles. The van der Waals surface area contributed by atoms with E-state index in [9.17, 15) is 0 Å². The molecular formula is C18H17N3. The van der Waals surface area contributed by atoms with E-state index in [-0.39, 0.29) is 0 Å². The van der Waals surface area contributed by atoms with Crippen molar-refractivity contribution in [3.05, 3.63) is 53.6 Å². The van der Waals surface area contributed by atoms with E-state index < -0.39 is 0 Å². The summed E-state index contributed by atoms with van der Waals surface area (Å²) in [5.74, 6) is 2.34. The Labute approximate surface area is 123 Å². The fourth-order valence-corrected chi connectivity index (χ4v) is 3.95. The lowest BCUT2D eigenvalue weighted by atomic mass is 9.98. The molecule has 1 aliphatic carbocycles. The SMILES string of the molecule is c1ccc(-c2nc3cc4c(cc3[nH]2)C2CNCC4C2)cc1. The highest BCUT2D eigenvalue weighted by Gasteiger charge is 2.34. The number of aromatic nitrogens is 2. The standard InChI is InChI=1S/C18H17N3/c1-2-4-11(5-3-1)18-20-16-7-14-12-6-13(10-19-9-12)15(14)8-17(16)21-18/h1-5,7-8,12-13,19H,6,9-10H2,(H,20,21). The second-order valence-electron chi connectivity index (χ2n) is 6.24. The van der Waals surface area contributed by atoms with Crippen molar-refractivity contribution < 1.29 is 0 Å². The Hall–Kier alpha value is -2.13. The van der Waals surface area contributed by atoms with Crippen molar-refractivity contribution in [2.75, 3.05) is 13.1 Å². The fraction of sp³-hybridized carbons (Fsp3) is 0.278. The maximum absolute atomic E-state index is 4.80. The third-order valence-corrected chi connectivity index (χ3v) is 4.96. The zero-order chi connectivity index (χ0) is 13.8. The summed E-state index contributed by atoms with van der Waals surface area (Å²) < 4.78 is 0. The van der Waals surface area contributed by atoms with Crippen molar-refractivity contribution in [1.82, 2.24) is 15.3 Å². The lowest BCUT2D eigenvalue weighted by Gasteiger charge is -2.19. The van der Waals surface area contributed by atoms with E-state index >= 15 is 0 Å². The van der Waals surface area contributed by atoms with E-state index in [4.69, 9.17) is 4.98 Å². The van der Waals surface area contributed by atoms with Gasteiger partial charge in [-0.1, -0.05) is 30.3 Å². The quantitative estimate of drug-likeness (QED) is 0.714. The first-order valence-corrected chi connectivity index (χ1v) is 7.68. The second kappa shape index (κ2) is 4.18. The molecule has 2 aliphatic rings. The number of benzene rings is 2. The molecule has 3 heteroatoms. The minimum atomic E-state index is 0.681. The summed E-state index contributed by atoms with van der Waals surface area (Å²) in [6.45, 7) is 2.24. The largest absolute Gasteiger partial charge is 0.338 e. The van der Waals surface area contributed by atoms with Gasteiger partial charge in [-0.05, 0) is 41.5 Å². The van der Waals surface area contributed by atoms with Gasteiger partial charge >= 0.3 is 0 Å². The number of nitrogens with zero attached hydrogens (tertiary/aromatic N) is 1. The molecular weight excluding hydrogens is 258 g/mol. The molecule has 3 nitrogen and oxygen atoms in total. The lowest BCUT2D eigenvalue weighted by molar-refractivity contribution is 0.454. The topological polar surface area (TPSA) is 40.7 Å². The van der Waals surface area contributed by atoms with Gasteiger partial charge in [-0.15, -0.1) is 0 Å². The number of H-pyrrole nitrogens is 1. The number of hydrogen-bond donors (Lipinski definition) is 2. The molecule has 0 spiro atoms. The highest BCUT2D eigenvalue weighted by molar-refractivity contribution is 5.82. The Balaban J connectivity index is 1.68. The maximum atomic E-state index is 4.80. The van der Waals surface area contributed by atoms with Crippen molar-refractivity contribution in [3.8, 4) is 11.4 Å². The van der Waals surface area contributed by atoms with Gasteiger partial charge in [-0.3, -0.25) is 0 Å². The molecule has 1 aliphatic heterocycles. The highest BCUT2D eigenvalue weighted by Crippen LogP contribution is 2.44. The van der Waals surface area contributed by atoms with Crippen LogP contribution in [0.2, 0.25) is 0 Å². The number of imidazole rings is 1. The normalized spacial score (nSPS) is 23.4. The summed E-state index contributed by atoms with van der Waals surface area (Å²) in [5, 5.41) is 3.55. The van der Waals surface area contributed by atoms with Crippen molar-refractivity contribution in [3.63, 3.8) is 0 Å². The number of hydrogen-bond acceptors (Lipinski definition) is 2. The number of piperidine rings is 1. The van der Waals surface area contributed by atoms with Crippen LogP contribution in [0.5, 0.6) is 0 Å². The first-order chi connectivity index (χ1) is 10.4. The van der Waals surface area contributed by atoms with E-state index in [1.165, 1.54) is 23.1 Å². The van der Waals surface area contributed by atoms with Gasteiger partial charge in [-0.25, -0.2) is 4.98 Å². The number of aromatic amines is 1. The van der Waals surface area contributed by atoms with Gasteiger partial charge in [0.15, 0.2) is 0 Å². The molecule has 0 saturated carbocycles. The molecule has 2 unspecified atom stereocenters. The molecule has 0 radical (unpaired) electrons. The van der Waals surface area contributed by atoms with E-state index in [0.717, 1.165) is 30.0 Å². The summed E-state index contributed by atoms with van der Waals surface area (Å²) in [6, 6.07) is 15.0. The van der Waals surface area contributed by atoms with Crippen molar-refractivity contribution >= 4 is 11.0 Å². The smallest absolute Gasteiger partial charge is 0.138 e. The highest BCUT2D eigenvalue weighted by atomic mass is 14.9. The molecule has 21 heavy (non-hydrogen) atoms. The Bertz CT molecular complexity index is 772. The van der Waals surface area contributed by atoms with Gasteiger partial charge in [0.2, 0.25) is 0 Å². The number of rotatable bonds is 1. The monoisotopic (exact) mass is 275 g/mol. The van der Waals surface area contributed by atoms with Crippen LogP contribution in [0.1, 0.15) is 29.4 Å². The number of nitrogens with one attached hydrogen (secondary N) is 2. The van der Waals surface area contributed by atoms with Gasteiger partial charge in [0.1, 0.15) is 5.82 Å². The van der Waals surface area contributed by atoms with Gasteiger partial charge in [0.25, 0.3) is 0 Å². The zero-order valence-electron chi connectivity index (χ0n) is 11.8. The van der Waals surface area contributed by atoms with Gasteiger partial charge in [0, 0.05) is 18.7 Å². The average molecular weight is 275 g/mol.